The van der Waals surface area contributed by atoms with Crippen LogP contribution in [-0.4, -0.2) is 53.9 Å². The third kappa shape index (κ3) is 4.39. The number of aryl methyl sites for hydroxylation is 2. The summed E-state index contributed by atoms with van der Waals surface area (Å²) in [6, 6.07) is 10.3. The van der Waals surface area contributed by atoms with Gasteiger partial charge in [0.25, 0.3) is 5.56 Å². The molecule has 0 atom stereocenters. The molecule has 1 aromatic heterocycles. The normalized spacial score (nSPS) is 15.4. The van der Waals surface area contributed by atoms with Gasteiger partial charge in [0.05, 0.1) is 0 Å². The quantitative estimate of drug-likeness (QED) is 0.811. The average Bonchev–Trinajstić information content (AvgIpc) is 2.63. The molecule has 6 heteroatoms. The molecular formula is C19H27N5O. The van der Waals surface area contributed by atoms with Gasteiger partial charge in [-0.3, -0.25) is 9.69 Å². The number of hydrogen-bond acceptors (Lipinski definition) is 5. The summed E-state index contributed by atoms with van der Waals surface area (Å²) >= 11 is 0. The zero-order valence-corrected chi connectivity index (χ0v) is 15.1. The Morgan fingerprint density at radius 3 is 2.64 bits per heavy atom. The zero-order valence-electron chi connectivity index (χ0n) is 15.1. The van der Waals surface area contributed by atoms with Gasteiger partial charge in [-0.25, -0.2) is 4.68 Å². The average molecular weight is 341 g/mol. The van der Waals surface area contributed by atoms with Gasteiger partial charge in [0.15, 0.2) is 0 Å². The van der Waals surface area contributed by atoms with E-state index in [2.05, 4.69) is 51.4 Å². The Bertz CT molecular complexity index is 749. The third-order valence-corrected chi connectivity index (χ3v) is 4.80. The Hall–Kier alpha value is -2.34. The summed E-state index contributed by atoms with van der Waals surface area (Å²) in [4.78, 5) is 16.9. The van der Waals surface area contributed by atoms with E-state index in [9.17, 15) is 4.79 Å². The minimum Gasteiger partial charge on any atom is -0.380 e. The lowest BCUT2D eigenvalue weighted by atomic mass is 10.1. The first-order chi connectivity index (χ1) is 12.1. The van der Waals surface area contributed by atoms with E-state index in [4.69, 9.17) is 0 Å². The summed E-state index contributed by atoms with van der Waals surface area (Å²) in [6.45, 7) is 8.36. The number of benzene rings is 1. The molecule has 1 N–H and O–H groups in total. The molecule has 1 aromatic carbocycles. The van der Waals surface area contributed by atoms with Gasteiger partial charge in [0.2, 0.25) is 0 Å². The molecule has 25 heavy (non-hydrogen) atoms. The van der Waals surface area contributed by atoms with E-state index in [1.54, 1.807) is 19.3 Å². The SMILES string of the molecule is Cc1ccccc1N1CCN(CCCNc2ccnn(C)c2=O)CC1. The standard InChI is InChI=1S/C19H27N5O/c1-16-6-3-4-7-18(16)24-14-12-23(13-15-24)11-5-9-20-17-8-10-21-22(2)19(17)25/h3-4,6-8,10,20H,5,9,11-15H2,1-2H3. The molecule has 0 aliphatic carbocycles. The molecule has 2 heterocycles. The first kappa shape index (κ1) is 17.5. The molecule has 0 amide bonds. The minimum atomic E-state index is -0.0747. The Balaban J connectivity index is 1.40. The highest BCUT2D eigenvalue weighted by molar-refractivity contribution is 5.53. The molecule has 1 aliphatic rings. The van der Waals surface area contributed by atoms with Gasteiger partial charge >= 0.3 is 0 Å². The molecule has 0 bridgehead atoms. The van der Waals surface area contributed by atoms with E-state index in [1.807, 2.05) is 0 Å². The van der Waals surface area contributed by atoms with Gasteiger partial charge in [-0.05, 0) is 37.6 Å². The Labute approximate surface area is 149 Å². The lowest BCUT2D eigenvalue weighted by Gasteiger charge is -2.36. The van der Waals surface area contributed by atoms with E-state index in [-0.39, 0.29) is 5.56 Å². The van der Waals surface area contributed by atoms with Crippen molar-refractivity contribution in [2.75, 3.05) is 49.5 Å². The van der Waals surface area contributed by atoms with Crippen LogP contribution >= 0.6 is 0 Å². The van der Waals surface area contributed by atoms with E-state index in [0.717, 1.165) is 45.7 Å². The molecule has 134 valence electrons. The number of nitrogens with one attached hydrogen (secondary N) is 1. The number of nitrogens with zero attached hydrogens (tertiary/aromatic N) is 4. The summed E-state index contributed by atoms with van der Waals surface area (Å²) in [5, 5.41) is 7.16. The summed E-state index contributed by atoms with van der Waals surface area (Å²) < 4.78 is 1.35. The highest BCUT2D eigenvalue weighted by atomic mass is 16.1. The van der Waals surface area contributed by atoms with Crippen molar-refractivity contribution < 1.29 is 0 Å². The summed E-state index contributed by atoms with van der Waals surface area (Å²) in [5.74, 6) is 0. The van der Waals surface area contributed by atoms with Gasteiger partial charge in [-0.2, -0.15) is 5.10 Å². The summed E-state index contributed by atoms with van der Waals surface area (Å²) in [5.41, 5.74) is 3.26. The van der Waals surface area contributed by atoms with Gasteiger partial charge in [0, 0.05) is 51.7 Å². The molecule has 2 aromatic rings. The van der Waals surface area contributed by atoms with Crippen LogP contribution in [0.2, 0.25) is 0 Å². The maximum absolute atomic E-state index is 11.9. The van der Waals surface area contributed by atoms with Crippen LogP contribution in [-0.2, 0) is 7.05 Å². The molecule has 1 aliphatic heterocycles. The fraction of sp³-hybridized carbons (Fsp3) is 0.474. The van der Waals surface area contributed by atoms with Crippen LogP contribution in [0.4, 0.5) is 11.4 Å². The van der Waals surface area contributed by atoms with Crippen LogP contribution in [0.3, 0.4) is 0 Å². The van der Waals surface area contributed by atoms with Crippen LogP contribution in [0, 0.1) is 6.92 Å². The Kier molecular flexibility index (Phi) is 5.71. The van der Waals surface area contributed by atoms with Crippen molar-refractivity contribution in [3.8, 4) is 0 Å². The third-order valence-electron chi connectivity index (χ3n) is 4.80. The second-order valence-corrected chi connectivity index (χ2v) is 6.57. The predicted octanol–water partition coefficient (Wildman–Crippen LogP) is 1.71. The van der Waals surface area contributed by atoms with Gasteiger partial charge in [0.1, 0.15) is 5.69 Å². The second-order valence-electron chi connectivity index (χ2n) is 6.57. The predicted molar refractivity (Wildman–Crippen MR) is 102 cm³/mol. The monoisotopic (exact) mass is 341 g/mol. The Morgan fingerprint density at radius 2 is 1.88 bits per heavy atom. The number of rotatable bonds is 6. The van der Waals surface area contributed by atoms with Crippen molar-refractivity contribution in [3.63, 3.8) is 0 Å². The number of piperazine rings is 1. The minimum absolute atomic E-state index is 0.0747. The van der Waals surface area contributed by atoms with E-state index in [1.165, 1.54) is 15.9 Å². The van der Waals surface area contributed by atoms with Crippen LogP contribution < -0.4 is 15.8 Å². The lowest BCUT2D eigenvalue weighted by Crippen LogP contribution is -2.47. The van der Waals surface area contributed by atoms with E-state index >= 15 is 0 Å². The number of hydrogen-bond donors (Lipinski definition) is 1. The van der Waals surface area contributed by atoms with Gasteiger partial charge in [-0.1, -0.05) is 18.2 Å². The molecule has 1 fully saturated rings. The van der Waals surface area contributed by atoms with Crippen LogP contribution in [0.5, 0.6) is 0 Å². The first-order valence-electron chi connectivity index (χ1n) is 8.94. The number of aromatic nitrogens is 2. The summed E-state index contributed by atoms with van der Waals surface area (Å²) in [7, 11) is 1.67. The van der Waals surface area contributed by atoms with Gasteiger partial charge < -0.3 is 10.2 Å². The zero-order chi connectivity index (χ0) is 17.6. The van der Waals surface area contributed by atoms with Crippen molar-refractivity contribution in [1.29, 1.82) is 0 Å². The maximum Gasteiger partial charge on any atom is 0.289 e. The molecular weight excluding hydrogens is 314 g/mol. The molecule has 0 spiro atoms. The van der Waals surface area contributed by atoms with Gasteiger partial charge in [-0.15, -0.1) is 0 Å². The van der Waals surface area contributed by atoms with Crippen molar-refractivity contribution in [2.24, 2.45) is 7.05 Å². The highest BCUT2D eigenvalue weighted by Gasteiger charge is 2.17. The lowest BCUT2D eigenvalue weighted by molar-refractivity contribution is 0.257. The fourth-order valence-corrected chi connectivity index (χ4v) is 3.30. The molecule has 6 nitrogen and oxygen atoms in total. The van der Waals surface area contributed by atoms with Crippen molar-refractivity contribution in [2.45, 2.75) is 13.3 Å². The van der Waals surface area contributed by atoms with E-state index < -0.39 is 0 Å². The molecule has 1 saturated heterocycles. The first-order valence-corrected chi connectivity index (χ1v) is 8.94. The molecule has 0 radical (unpaired) electrons. The fourth-order valence-electron chi connectivity index (χ4n) is 3.30. The molecule has 0 unspecified atom stereocenters. The van der Waals surface area contributed by atoms with E-state index in [0.29, 0.717) is 5.69 Å². The van der Waals surface area contributed by atoms with Crippen molar-refractivity contribution in [1.82, 2.24) is 14.7 Å². The number of anilines is 2. The van der Waals surface area contributed by atoms with Crippen LogP contribution in [0.25, 0.3) is 0 Å². The van der Waals surface area contributed by atoms with Crippen molar-refractivity contribution in [3.05, 3.63) is 52.4 Å². The van der Waals surface area contributed by atoms with Crippen LogP contribution in [0.1, 0.15) is 12.0 Å². The smallest absolute Gasteiger partial charge is 0.289 e. The topological polar surface area (TPSA) is 53.4 Å². The largest absolute Gasteiger partial charge is 0.380 e. The molecule has 3 rings (SSSR count). The number of para-hydroxylation sites is 1. The summed E-state index contributed by atoms with van der Waals surface area (Å²) in [6.07, 6.45) is 2.67. The Morgan fingerprint density at radius 1 is 1.12 bits per heavy atom. The highest BCUT2D eigenvalue weighted by Crippen LogP contribution is 2.20. The second kappa shape index (κ2) is 8.16. The molecule has 0 saturated carbocycles. The van der Waals surface area contributed by atoms with Crippen molar-refractivity contribution >= 4 is 11.4 Å². The van der Waals surface area contributed by atoms with Crippen LogP contribution in [0.15, 0.2) is 41.3 Å². The maximum atomic E-state index is 11.9.